The molecule has 0 saturated carbocycles. The van der Waals surface area contributed by atoms with Gasteiger partial charge < -0.3 is 10.1 Å². The lowest BCUT2D eigenvalue weighted by Crippen LogP contribution is -2.43. The second kappa shape index (κ2) is 7.36. The number of nitrogens with one attached hydrogen (secondary N) is 1. The molecule has 0 aliphatic heterocycles. The molecule has 2 aromatic rings. The Bertz CT molecular complexity index is 641. The van der Waals surface area contributed by atoms with E-state index in [-0.39, 0.29) is 18.1 Å². The first-order valence-electron chi connectivity index (χ1n) is 6.78. The van der Waals surface area contributed by atoms with Gasteiger partial charge in [0.1, 0.15) is 11.9 Å². The molecule has 0 heterocycles. The zero-order valence-electron chi connectivity index (χ0n) is 12.1. The van der Waals surface area contributed by atoms with Gasteiger partial charge in [-0.05, 0) is 29.8 Å². The summed E-state index contributed by atoms with van der Waals surface area (Å²) < 4.78 is 17.6. The number of rotatable bonds is 5. The Labute approximate surface area is 127 Å². The van der Waals surface area contributed by atoms with Crippen LogP contribution in [0.4, 0.5) is 4.39 Å². The minimum atomic E-state index is -0.830. The molecule has 0 aliphatic rings. The van der Waals surface area contributed by atoms with E-state index < -0.39 is 12.0 Å². The van der Waals surface area contributed by atoms with E-state index in [1.165, 1.54) is 19.2 Å². The normalized spacial score (nSPS) is 11.5. The molecule has 0 radical (unpaired) electrons. The highest BCUT2D eigenvalue weighted by atomic mass is 19.1. The Kier molecular flexibility index (Phi) is 5.25. The van der Waals surface area contributed by atoms with Gasteiger partial charge in [0.15, 0.2) is 0 Å². The summed E-state index contributed by atoms with van der Waals surface area (Å²) in [6.45, 7) is 0. The van der Waals surface area contributed by atoms with Crippen LogP contribution in [0, 0.1) is 5.82 Å². The van der Waals surface area contributed by atoms with Gasteiger partial charge >= 0.3 is 5.97 Å². The third-order valence-corrected chi connectivity index (χ3v) is 3.18. The van der Waals surface area contributed by atoms with Crippen LogP contribution in [-0.4, -0.2) is 25.0 Å². The summed E-state index contributed by atoms with van der Waals surface area (Å²) in [5.41, 5.74) is 1.18. The first-order valence-corrected chi connectivity index (χ1v) is 6.78. The standard InChI is InChI=1S/C17H16FNO3/c1-22-17(21)15(11-12-7-9-14(18)10-8-12)19-16(20)13-5-3-2-4-6-13/h2-10,15H,11H2,1H3,(H,19,20)/t15-/m1/s1. The summed E-state index contributed by atoms with van der Waals surface area (Å²) in [6.07, 6.45) is 0.228. The minimum Gasteiger partial charge on any atom is -0.467 e. The Morgan fingerprint density at radius 1 is 1.09 bits per heavy atom. The lowest BCUT2D eigenvalue weighted by Gasteiger charge is -2.16. The van der Waals surface area contributed by atoms with Gasteiger partial charge in [-0.25, -0.2) is 9.18 Å². The van der Waals surface area contributed by atoms with Crippen molar-refractivity contribution in [1.82, 2.24) is 5.32 Å². The van der Waals surface area contributed by atoms with E-state index in [2.05, 4.69) is 5.32 Å². The summed E-state index contributed by atoms with van der Waals surface area (Å²) in [5.74, 6) is -1.27. The van der Waals surface area contributed by atoms with Crippen molar-refractivity contribution in [2.45, 2.75) is 12.5 Å². The van der Waals surface area contributed by atoms with Crippen LogP contribution in [0.3, 0.4) is 0 Å². The number of carbonyl (C=O) groups excluding carboxylic acids is 2. The maximum atomic E-state index is 12.9. The van der Waals surface area contributed by atoms with Gasteiger partial charge in [0.25, 0.3) is 5.91 Å². The van der Waals surface area contributed by atoms with Crippen LogP contribution >= 0.6 is 0 Å². The van der Waals surface area contributed by atoms with Gasteiger partial charge in [0.05, 0.1) is 7.11 Å². The van der Waals surface area contributed by atoms with E-state index in [1.807, 2.05) is 0 Å². The van der Waals surface area contributed by atoms with Gasteiger partial charge in [-0.15, -0.1) is 0 Å². The molecule has 0 aromatic heterocycles. The third-order valence-electron chi connectivity index (χ3n) is 3.18. The summed E-state index contributed by atoms with van der Waals surface area (Å²) in [5, 5.41) is 2.64. The van der Waals surface area contributed by atoms with E-state index in [0.29, 0.717) is 5.56 Å². The molecule has 0 aliphatic carbocycles. The number of carbonyl (C=O) groups is 2. The van der Waals surface area contributed by atoms with Gasteiger partial charge in [-0.1, -0.05) is 30.3 Å². The molecule has 4 nitrogen and oxygen atoms in total. The Balaban J connectivity index is 2.11. The number of methoxy groups -OCH3 is 1. The Morgan fingerprint density at radius 3 is 2.32 bits per heavy atom. The van der Waals surface area contributed by atoms with E-state index >= 15 is 0 Å². The van der Waals surface area contributed by atoms with E-state index in [0.717, 1.165) is 5.56 Å². The number of esters is 1. The SMILES string of the molecule is COC(=O)[C@@H](Cc1ccc(F)cc1)NC(=O)c1ccccc1. The average Bonchev–Trinajstić information content (AvgIpc) is 2.56. The van der Waals surface area contributed by atoms with Gasteiger partial charge in [-0.2, -0.15) is 0 Å². The molecule has 1 atom stereocenters. The lowest BCUT2D eigenvalue weighted by atomic mass is 10.1. The zero-order valence-corrected chi connectivity index (χ0v) is 12.1. The smallest absolute Gasteiger partial charge is 0.328 e. The summed E-state index contributed by atoms with van der Waals surface area (Å²) in [4.78, 5) is 24.0. The molecule has 0 spiro atoms. The quantitative estimate of drug-likeness (QED) is 0.862. The second-order valence-corrected chi connectivity index (χ2v) is 4.75. The van der Waals surface area contributed by atoms with Crippen molar-refractivity contribution in [3.8, 4) is 0 Å². The van der Waals surface area contributed by atoms with Crippen molar-refractivity contribution in [3.63, 3.8) is 0 Å². The number of amides is 1. The largest absolute Gasteiger partial charge is 0.467 e. The average molecular weight is 301 g/mol. The van der Waals surface area contributed by atoms with Gasteiger partial charge in [-0.3, -0.25) is 4.79 Å². The highest BCUT2D eigenvalue weighted by molar-refractivity contribution is 5.96. The van der Waals surface area contributed by atoms with Crippen molar-refractivity contribution in [1.29, 1.82) is 0 Å². The van der Waals surface area contributed by atoms with Crippen LogP contribution in [0.15, 0.2) is 54.6 Å². The van der Waals surface area contributed by atoms with Gasteiger partial charge in [0, 0.05) is 12.0 Å². The van der Waals surface area contributed by atoms with Crippen LogP contribution < -0.4 is 5.32 Å². The first-order chi connectivity index (χ1) is 10.6. The maximum Gasteiger partial charge on any atom is 0.328 e. The molecule has 0 unspecified atom stereocenters. The fourth-order valence-electron chi connectivity index (χ4n) is 2.02. The number of hydrogen-bond donors (Lipinski definition) is 1. The Hall–Kier alpha value is -2.69. The van der Waals surface area contributed by atoms with Crippen molar-refractivity contribution < 1.29 is 18.7 Å². The summed E-state index contributed by atoms with van der Waals surface area (Å²) >= 11 is 0. The molecule has 22 heavy (non-hydrogen) atoms. The monoisotopic (exact) mass is 301 g/mol. The molecule has 0 saturated heterocycles. The molecule has 1 N–H and O–H groups in total. The molecule has 0 fully saturated rings. The molecular formula is C17H16FNO3. The molecule has 1 amide bonds. The fraction of sp³-hybridized carbons (Fsp3) is 0.176. The number of hydrogen-bond acceptors (Lipinski definition) is 3. The van der Waals surface area contributed by atoms with E-state index in [9.17, 15) is 14.0 Å². The first kappa shape index (κ1) is 15.7. The highest BCUT2D eigenvalue weighted by Gasteiger charge is 2.22. The number of ether oxygens (including phenoxy) is 1. The van der Waals surface area contributed by atoms with E-state index in [4.69, 9.17) is 4.74 Å². The van der Waals surface area contributed by atoms with Crippen LogP contribution in [0.25, 0.3) is 0 Å². The van der Waals surface area contributed by atoms with Crippen molar-refractivity contribution in [2.24, 2.45) is 0 Å². The lowest BCUT2D eigenvalue weighted by molar-refractivity contribution is -0.142. The van der Waals surface area contributed by atoms with Crippen LogP contribution in [0.5, 0.6) is 0 Å². The molecule has 2 rings (SSSR count). The van der Waals surface area contributed by atoms with E-state index in [1.54, 1.807) is 42.5 Å². The van der Waals surface area contributed by atoms with Gasteiger partial charge in [0.2, 0.25) is 0 Å². The van der Waals surface area contributed by atoms with Crippen molar-refractivity contribution in [2.75, 3.05) is 7.11 Å². The zero-order chi connectivity index (χ0) is 15.9. The fourth-order valence-corrected chi connectivity index (χ4v) is 2.02. The highest BCUT2D eigenvalue weighted by Crippen LogP contribution is 2.08. The summed E-state index contributed by atoms with van der Waals surface area (Å²) in [6, 6.07) is 13.5. The Morgan fingerprint density at radius 2 is 1.73 bits per heavy atom. The predicted octanol–water partition coefficient (Wildman–Crippen LogP) is 2.34. The maximum absolute atomic E-state index is 12.9. The summed E-state index contributed by atoms with van der Waals surface area (Å²) in [7, 11) is 1.26. The topological polar surface area (TPSA) is 55.4 Å². The molecule has 2 aromatic carbocycles. The van der Waals surface area contributed by atoms with Crippen LogP contribution in [-0.2, 0) is 16.0 Å². The number of benzene rings is 2. The van der Waals surface area contributed by atoms with Crippen molar-refractivity contribution in [3.05, 3.63) is 71.5 Å². The third kappa shape index (κ3) is 4.15. The molecular weight excluding hydrogens is 285 g/mol. The second-order valence-electron chi connectivity index (χ2n) is 4.75. The molecule has 5 heteroatoms. The number of halogens is 1. The molecule has 114 valence electrons. The molecule has 0 bridgehead atoms. The predicted molar refractivity (Wildman–Crippen MR) is 79.8 cm³/mol. The van der Waals surface area contributed by atoms with Crippen LogP contribution in [0.1, 0.15) is 15.9 Å². The van der Waals surface area contributed by atoms with Crippen LogP contribution in [0.2, 0.25) is 0 Å². The minimum absolute atomic E-state index is 0.228. The van der Waals surface area contributed by atoms with Crippen molar-refractivity contribution >= 4 is 11.9 Å².